The first-order valence-corrected chi connectivity index (χ1v) is 5.36. The van der Waals surface area contributed by atoms with Crippen molar-refractivity contribution in [1.82, 2.24) is 0 Å². The number of halogens is 2. The molecule has 0 N–H and O–H groups in total. The highest BCUT2D eigenvalue weighted by atomic mass is 79.9. The molecule has 2 heteroatoms. The van der Waals surface area contributed by atoms with Gasteiger partial charge in [-0.2, -0.15) is 0 Å². The number of hydrogen-bond donors (Lipinski definition) is 0. The Balaban J connectivity index is 2.79. The lowest BCUT2D eigenvalue weighted by atomic mass is 10.0. The van der Waals surface area contributed by atoms with Crippen molar-refractivity contribution in [2.75, 3.05) is 0 Å². The van der Waals surface area contributed by atoms with Crippen molar-refractivity contribution in [3.05, 3.63) is 45.4 Å². The van der Waals surface area contributed by atoms with Gasteiger partial charge in [0.05, 0.1) is 3.39 Å². The Morgan fingerprint density at radius 1 is 1.25 bits per heavy atom. The third kappa shape index (κ3) is 3.11. The Bertz CT molecular complexity index is 260. The molecule has 0 saturated heterocycles. The molecule has 1 rings (SSSR count). The molecule has 0 spiro atoms. The van der Waals surface area contributed by atoms with Crippen LogP contribution in [0.5, 0.6) is 0 Å². The van der Waals surface area contributed by atoms with E-state index in [1.54, 1.807) is 0 Å². The monoisotopic (exact) mass is 288 g/mol. The molecule has 0 aliphatic heterocycles. The topological polar surface area (TPSA) is 0 Å². The van der Waals surface area contributed by atoms with Gasteiger partial charge in [0.25, 0.3) is 0 Å². The summed E-state index contributed by atoms with van der Waals surface area (Å²) in [4.78, 5) is 0. The predicted octanol–water partition coefficient (Wildman–Crippen LogP) is 4.42. The molecule has 0 bridgehead atoms. The van der Waals surface area contributed by atoms with Crippen LogP contribution in [0.25, 0.3) is 0 Å². The van der Waals surface area contributed by atoms with Crippen LogP contribution in [0.2, 0.25) is 0 Å². The molecule has 0 nitrogen and oxygen atoms in total. The maximum atomic E-state index is 3.35. The molecule has 0 radical (unpaired) electrons. The minimum absolute atomic E-state index is 0.444. The van der Waals surface area contributed by atoms with Crippen LogP contribution < -0.4 is 0 Å². The van der Waals surface area contributed by atoms with Crippen LogP contribution in [0.15, 0.2) is 39.8 Å². The average molecular weight is 290 g/mol. The number of benzene rings is 1. The van der Waals surface area contributed by atoms with Crippen molar-refractivity contribution < 1.29 is 0 Å². The largest absolute Gasteiger partial charge is 0.0622 e. The highest BCUT2D eigenvalue weighted by Gasteiger charge is 2.00. The summed E-state index contributed by atoms with van der Waals surface area (Å²) in [5.74, 6) is 0.444. The molecule has 64 valence electrons. The van der Waals surface area contributed by atoms with E-state index in [0.717, 1.165) is 3.39 Å². The lowest BCUT2D eigenvalue weighted by molar-refractivity contribution is 0.969. The van der Waals surface area contributed by atoms with Crippen LogP contribution in [0.4, 0.5) is 0 Å². The highest BCUT2D eigenvalue weighted by molar-refractivity contribution is 9.28. The lowest BCUT2D eigenvalue weighted by Gasteiger charge is -2.05. The van der Waals surface area contributed by atoms with Crippen molar-refractivity contribution in [1.29, 1.82) is 0 Å². The van der Waals surface area contributed by atoms with Gasteiger partial charge in [0, 0.05) is 5.92 Å². The standard InChI is InChI=1S/C10H10Br2/c1-8(7-10(11)12)9-5-3-2-4-6-9/h2-8H,1H3. The Kier molecular flexibility index (Phi) is 4.02. The van der Waals surface area contributed by atoms with E-state index >= 15 is 0 Å². The fraction of sp³-hybridized carbons (Fsp3) is 0.200. The van der Waals surface area contributed by atoms with Gasteiger partial charge in [-0.15, -0.1) is 0 Å². The summed E-state index contributed by atoms with van der Waals surface area (Å²) in [6, 6.07) is 10.4. The summed E-state index contributed by atoms with van der Waals surface area (Å²) in [5, 5.41) is 0. The van der Waals surface area contributed by atoms with Gasteiger partial charge in [0.1, 0.15) is 0 Å². The molecular formula is C10H10Br2. The number of hydrogen-bond acceptors (Lipinski definition) is 0. The second-order valence-electron chi connectivity index (χ2n) is 2.66. The first-order chi connectivity index (χ1) is 5.70. The summed E-state index contributed by atoms with van der Waals surface area (Å²) < 4.78 is 1.01. The first-order valence-electron chi connectivity index (χ1n) is 3.78. The molecule has 0 saturated carbocycles. The van der Waals surface area contributed by atoms with Gasteiger partial charge in [-0.25, -0.2) is 0 Å². The minimum Gasteiger partial charge on any atom is -0.0622 e. The molecule has 0 amide bonds. The zero-order chi connectivity index (χ0) is 8.97. The molecule has 1 aromatic carbocycles. The summed E-state index contributed by atoms with van der Waals surface area (Å²) in [6.07, 6.45) is 2.12. The van der Waals surface area contributed by atoms with Gasteiger partial charge in [-0.05, 0) is 37.4 Å². The molecule has 0 aliphatic carbocycles. The smallest absolute Gasteiger partial charge is 0.0570 e. The zero-order valence-corrected chi connectivity index (χ0v) is 9.97. The van der Waals surface area contributed by atoms with E-state index in [9.17, 15) is 0 Å². The minimum atomic E-state index is 0.444. The SMILES string of the molecule is CC(C=C(Br)Br)c1ccccc1. The molecule has 1 aromatic rings. The third-order valence-corrected chi connectivity index (χ3v) is 2.23. The molecule has 0 aliphatic rings. The van der Waals surface area contributed by atoms with E-state index in [1.165, 1.54) is 5.56 Å². The second kappa shape index (κ2) is 4.83. The van der Waals surface area contributed by atoms with Gasteiger partial charge >= 0.3 is 0 Å². The number of allylic oxidation sites excluding steroid dienone is 1. The molecule has 0 aromatic heterocycles. The van der Waals surface area contributed by atoms with Crippen LogP contribution in [-0.4, -0.2) is 0 Å². The van der Waals surface area contributed by atoms with E-state index in [1.807, 2.05) is 6.07 Å². The Labute approximate surface area is 89.9 Å². The van der Waals surface area contributed by atoms with Crippen LogP contribution >= 0.6 is 31.9 Å². The lowest BCUT2D eigenvalue weighted by Crippen LogP contribution is -1.87. The fourth-order valence-corrected chi connectivity index (χ4v) is 1.83. The van der Waals surface area contributed by atoms with Gasteiger partial charge in [0.15, 0.2) is 0 Å². The first kappa shape index (κ1) is 10.0. The maximum Gasteiger partial charge on any atom is 0.0570 e. The van der Waals surface area contributed by atoms with Gasteiger partial charge in [-0.3, -0.25) is 0 Å². The van der Waals surface area contributed by atoms with E-state index in [-0.39, 0.29) is 0 Å². The summed E-state index contributed by atoms with van der Waals surface area (Å²) >= 11 is 6.70. The van der Waals surface area contributed by atoms with E-state index < -0.39 is 0 Å². The summed E-state index contributed by atoms with van der Waals surface area (Å²) in [6.45, 7) is 2.16. The van der Waals surface area contributed by atoms with Crippen molar-refractivity contribution in [2.24, 2.45) is 0 Å². The predicted molar refractivity (Wildman–Crippen MR) is 60.8 cm³/mol. The van der Waals surface area contributed by atoms with Gasteiger partial charge in [-0.1, -0.05) is 43.3 Å². The summed E-state index contributed by atoms with van der Waals surface area (Å²) in [7, 11) is 0. The van der Waals surface area contributed by atoms with Crippen molar-refractivity contribution in [3.63, 3.8) is 0 Å². The Morgan fingerprint density at radius 3 is 2.33 bits per heavy atom. The summed E-state index contributed by atoms with van der Waals surface area (Å²) in [5.41, 5.74) is 1.33. The van der Waals surface area contributed by atoms with E-state index in [2.05, 4.69) is 69.1 Å². The Hall–Kier alpha value is -0.0800. The zero-order valence-electron chi connectivity index (χ0n) is 6.80. The maximum absolute atomic E-state index is 3.35. The average Bonchev–Trinajstić information content (AvgIpc) is 2.05. The fourth-order valence-electron chi connectivity index (χ4n) is 1.04. The molecule has 0 heterocycles. The quantitative estimate of drug-likeness (QED) is 0.756. The number of rotatable bonds is 2. The molecular weight excluding hydrogens is 280 g/mol. The third-order valence-electron chi connectivity index (χ3n) is 1.70. The van der Waals surface area contributed by atoms with Crippen molar-refractivity contribution in [3.8, 4) is 0 Å². The van der Waals surface area contributed by atoms with Crippen LogP contribution in [-0.2, 0) is 0 Å². The van der Waals surface area contributed by atoms with Gasteiger partial charge < -0.3 is 0 Å². The van der Waals surface area contributed by atoms with E-state index in [4.69, 9.17) is 0 Å². The molecule has 0 fully saturated rings. The van der Waals surface area contributed by atoms with Gasteiger partial charge in [0.2, 0.25) is 0 Å². The van der Waals surface area contributed by atoms with E-state index in [0.29, 0.717) is 5.92 Å². The molecule has 1 unspecified atom stereocenters. The normalized spacial score (nSPS) is 12.2. The second-order valence-corrected chi connectivity index (χ2v) is 5.43. The van der Waals surface area contributed by atoms with Crippen molar-refractivity contribution >= 4 is 31.9 Å². The highest BCUT2D eigenvalue weighted by Crippen LogP contribution is 2.22. The van der Waals surface area contributed by atoms with Crippen LogP contribution in [0.3, 0.4) is 0 Å². The van der Waals surface area contributed by atoms with Crippen molar-refractivity contribution in [2.45, 2.75) is 12.8 Å². The Morgan fingerprint density at radius 2 is 1.83 bits per heavy atom. The molecule has 12 heavy (non-hydrogen) atoms. The van der Waals surface area contributed by atoms with Crippen LogP contribution in [0.1, 0.15) is 18.4 Å². The molecule has 1 atom stereocenters. The van der Waals surface area contributed by atoms with Crippen LogP contribution in [0, 0.1) is 0 Å².